The van der Waals surface area contributed by atoms with Crippen LogP contribution in [0.1, 0.15) is 17.4 Å². The fourth-order valence-electron chi connectivity index (χ4n) is 2.17. The van der Waals surface area contributed by atoms with Crippen molar-refractivity contribution < 1.29 is 14.3 Å². The van der Waals surface area contributed by atoms with Crippen LogP contribution in [0.2, 0.25) is 10.0 Å². The molecule has 0 saturated carbocycles. The molecule has 2 amide bonds. The number of aromatic nitrogens is 2. The number of carbonyl (C=O) groups excluding carboxylic acids is 2. The molecule has 0 unspecified atom stereocenters. The molecule has 0 radical (unpaired) electrons. The molecule has 2 aromatic heterocycles. The minimum atomic E-state index is -0.801. The number of aromatic amines is 1. The first-order chi connectivity index (χ1) is 12.8. The van der Waals surface area contributed by atoms with E-state index < -0.39 is 12.0 Å². The summed E-state index contributed by atoms with van der Waals surface area (Å²) in [5.41, 5.74) is 6.80. The Bertz CT molecular complexity index is 1000. The molecule has 1 atom stereocenters. The number of primary amides is 1. The van der Waals surface area contributed by atoms with Gasteiger partial charge in [-0.1, -0.05) is 23.2 Å². The Morgan fingerprint density at radius 3 is 2.78 bits per heavy atom. The Morgan fingerprint density at radius 2 is 2.11 bits per heavy atom. The highest BCUT2D eigenvalue weighted by atomic mass is 35.5. The summed E-state index contributed by atoms with van der Waals surface area (Å²) >= 11 is 13.1. The van der Waals surface area contributed by atoms with Crippen LogP contribution >= 0.6 is 34.5 Å². The minimum Gasteiger partial charge on any atom is -0.479 e. The summed E-state index contributed by atoms with van der Waals surface area (Å²) in [5, 5.41) is 5.63. The summed E-state index contributed by atoms with van der Waals surface area (Å²) in [7, 11) is 0. The van der Waals surface area contributed by atoms with Gasteiger partial charge in [0.25, 0.3) is 11.8 Å². The van der Waals surface area contributed by atoms with E-state index >= 15 is 0 Å². The number of amides is 2. The molecule has 0 spiro atoms. The first-order valence-corrected chi connectivity index (χ1v) is 9.33. The van der Waals surface area contributed by atoms with Gasteiger partial charge in [0, 0.05) is 22.2 Å². The van der Waals surface area contributed by atoms with Crippen molar-refractivity contribution in [3.8, 4) is 17.0 Å². The summed E-state index contributed by atoms with van der Waals surface area (Å²) in [4.78, 5) is 30.6. The molecular formula is C17H14Cl2N4O3S. The van der Waals surface area contributed by atoms with Crippen molar-refractivity contribution >= 4 is 51.5 Å². The number of nitrogens with one attached hydrogen (secondary N) is 2. The molecule has 140 valence electrons. The normalized spacial score (nSPS) is 11.8. The molecule has 0 aliphatic heterocycles. The van der Waals surface area contributed by atoms with E-state index in [1.807, 2.05) is 0 Å². The second-order valence-corrected chi connectivity index (χ2v) is 7.23. The number of nitrogens with two attached hydrogens (primary N) is 1. The fraction of sp³-hybridized carbons (Fsp3) is 0.118. The highest BCUT2D eigenvalue weighted by molar-refractivity contribution is 7.14. The number of H-pyrrole nitrogens is 1. The van der Waals surface area contributed by atoms with E-state index in [2.05, 4.69) is 15.3 Å². The first kappa shape index (κ1) is 19.2. The van der Waals surface area contributed by atoms with E-state index in [0.29, 0.717) is 32.2 Å². The minimum absolute atomic E-state index is 0.283. The Kier molecular flexibility index (Phi) is 5.69. The van der Waals surface area contributed by atoms with Crippen LogP contribution in [0, 0.1) is 0 Å². The molecule has 2 heterocycles. The summed E-state index contributed by atoms with van der Waals surface area (Å²) < 4.78 is 5.57. The average molecular weight is 425 g/mol. The Labute approximate surface area is 168 Å². The predicted octanol–water partition coefficient (Wildman–Crippen LogP) is 3.95. The average Bonchev–Trinajstić information content (AvgIpc) is 3.26. The Morgan fingerprint density at radius 1 is 1.33 bits per heavy atom. The van der Waals surface area contributed by atoms with E-state index in [9.17, 15) is 9.59 Å². The van der Waals surface area contributed by atoms with Crippen molar-refractivity contribution in [2.75, 3.05) is 5.32 Å². The van der Waals surface area contributed by atoms with E-state index in [0.717, 1.165) is 0 Å². The number of hydrogen-bond donors (Lipinski definition) is 3. The number of thiazole rings is 1. The lowest BCUT2D eigenvalue weighted by molar-refractivity contribution is -0.122. The molecular weight excluding hydrogens is 411 g/mol. The first-order valence-electron chi connectivity index (χ1n) is 7.70. The smallest absolute Gasteiger partial charge is 0.266 e. The van der Waals surface area contributed by atoms with Crippen LogP contribution in [0.15, 0.2) is 35.8 Å². The lowest BCUT2D eigenvalue weighted by Gasteiger charge is -2.14. The largest absolute Gasteiger partial charge is 0.479 e. The van der Waals surface area contributed by atoms with Gasteiger partial charge in [0.05, 0.1) is 10.7 Å². The maximum absolute atomic E-state index is 12.3. The number of benzene rings is 1. The third kappa shape index (κ3) is 4.60. The number of nitrogens with zero attached hydrogens (tertiary/aromatic N) is 1. The molecule has 0 fully saturated rings. The lowest BCUT2D eigenvalue weighted by Crippen LogP contribution is -2.30. The van der Waals surface area contributed by atoms with Crippen LogP contribution in [-0.2, 0) is 4.79 Å². The van der Waals surface area contributed by atoms with Gasteiger partial charge < -0.3 is 15.5 Å². The Balaban J connectivity index is 1.65. The molecule has 1 aromatic carbocycles. The highest BCUT2D eigenvalue weighted by Gasteiger charge is 2.18. The molecule has 7 nitrogen and oxygen atoms in total. The zero-order valence-corrected chi connectivity index (χ0v) is 16.3. The molecule has 0 aliphatic rings. The van der Waals surface area contributed by atoms with Gasteiger partial charge in [-0.25, -0.2) is 4.98 Å². The van der Waals surface area contributed by atoms with Crippen molar-refractivity contribution in [3.05, 3.63) is 51.6 Å². The predicted molar refractivity (Wildman–Crippen MR) is 106 cm³/mol. The molecule has 0 saturated heterocycles. The molecule has 3 rings (SSSR count). The molecule has 27 heavy (non-hydrogen) atoms. The summed E-state index contributed by atoms with van der Waals surface area (Å²) in [6, 6.07) is 6.35. The second-order valence-electron chi connectivity index (χ2n) is 5.53. The third-order valence-corrected chi connectivity index (χ3v) is 4.83. The molecule has 3 aromatic rings. The fourth-order valence-corrected chi connectivity index (χ4v) is 3.35. The van der Waals surface area contributed by atoms with E-state index in [4.69, 9.17) is 33.7 Å². The van der Waals surface area contributed by atoms with Crippen molar-refractivity contribution in [2.24, 2.45) is 5.73 Å². The lowest BCUT2D eigenvalue weighted by atomic mass is 10.2. The van der Waals surface area contributed by atoms with Gasteiger partial charge in [-0.2, -0.15) is 0 Å². The standard InChI is InChI=1S/C17H14Cl2N4O3S/c1-8(26-14-3-2-10(18)5-11(14)19)16(25)23-17-22-13(7-27-17)9-4-12(15(20)24)21-6-9/h2-8,21H,1H3,(H2,20,24)(H,22,23,25)/t8-/m1/s1. The van der Waals surface area contributed by atoms with Gasteiger partial charge in [-0.05, 0) is 31.2 Å². The maximum atomic E-state index is 12.3. The zero-order chi connectivity index (χ0) is 19.6. The number of carbonyl (C=O) groups is 2. The Hall–Kier alpha value is -2.55. The number of rotatable bonds is 6. The van der Waals surface area contributed by atoms with Crippen LogP contribution in [0.3, 0.4) is 0 Å². The quantitative estimate of drug-likeness (QED) is 0.556. The molecule has 0 bridgehead atoms. The van der Waals surface area contributed by atoms with Gasteiger partial charge in [0.15, 0.2) is 11.2 Å². The van der Waals surface area contributed by atoms with Gasteiger partial charge in [-0.3, -0.25) is 14.9 Å². The van der Waals surface area contributed by atoms with Gasteiger partial charge in [0.1, 0.15) is 11.4 Å². The van der Waals surface area contributed by atoms with E-state index in [1.54, 1.807) is 36.7 Å². The van der Waals surface area contributed by atoms with Crippen molar-refractivity contribution in [3.63, 3.8) is 0 Å². The number of ether oxygens (including phenoxy) is 1. The SMILES string of the molecule is C[C@@H](Oc1ccc(Cl)cc1Cl)C(=O)Nc1nc(-c2c[nH]c(C(N)=O)c2)cs1. The number of hydrogen-bond acceptors (Lipinski definition) is 5. The van der Waals surface area contributed by atoms with Crippen LogP contribution in [0.5, 0.6) is 5.75 Å². The van der Waals surface area contributed by atoms with E-state index in [1.165, 1.54) is 17.4 Å². The third-order valence-electron chi connectivity index (χ3n) is 3.55. The summed E-state index contributed by atoms with van der Waals surface area (Å²) in [6.07, 6.45) is 0.819. The van der Waals surface area contributed by atoms with Gasteiger partial charge >= 0.3 is 0 Å². The van der Waals surface area contributed by atoms with Gasteiger partial charge in [0.2, 0.25) is 0 Å². The topological polar surface area (TPSA) is 110 Å². The van der Waals surface area contributed by atoms with Crippen molar-refractivity contribution in [1.82, 2.24) is 9.97 Å². The monoisotopic (exact) mass is 424 g/mol. The van der Waals surface area contributed by atoms with Crippen LogP contribution in [0.25, 0.3) is 11.3 Å². The number of halogens is 2. The van der Waals surface area contributed by atoms with Crippen LogP contribution in [-0.4, -0.2) is 27.9 Å². The zero-order valence-electron chi connectivity index (χ0n) is 14.0. The van der Waals surface area contributed by atoms with Crippen LogP contribution < -0.4 is 15.8 Å². The maximum Gasteiger partial charge on any atom is 0.266 e. The molecule has 0 aliphatic carbocycles. The molecule has 10 heteroatoms. The number of anilines is 1. The van der Waals surface area contributed by atoms with Gasteiger partial charge in [-0.15, -0.1) is 11.3 Å². The summed E-state index contributed by atoms with van der Waals surface area (Å²) in [6.45, 7) is 1.60. The second kappa shape index (κ2) is 7.99. The highest BCUT2D eigenvalue weighted by Crippen LogP contribution is 2.29. The van der Waals surface area contributed by atoms with E-state index in [-0.39, 0.29) is 11.6 Å². The van der Waals surface area contributed by atoms with Crippen LogP contribution in [0.4, 0.5) is 5.13 Å². The van der Waals surface area contributed by atoms with Crippen molar-refractivity contribution in [2.45, 2.75) is 13.0 Å². The molecule has 4 N–H and O–H groups in total. The van der Waals surface area contributed by atoms with Crippen molar-refractivity contribution in [1.29, 1.82) is 0 Å². The summed E-state index contributed by atoms with van der Waals surface area (Å²) in [5.74, 6) is -0.583.